The van der Waals surface area contributed by atoms with Crippen molar-refractivity contribution in [2.75, 3.05) is 36.0 Å². The van der Waals surface area contributed by atoms with Crippen LogP contribution in [-0.4, -0.2) is 36.1 Å². The van der Waals surface area contributed by atoms with Crippen LogP contribution >= 0.6 is 11.6 Å². The highest BCUT2D eigenvalue weighted by Gasteiger charge is 2.19. The Morgan fingerprint density at radius 1 is 0.846 bits per heavy atom. The van der Waals surface area contributed by atoms with Crippen molar-refractivity contribution in [1.29, 1.82) is 0 Å². The van der Waals surface area contributed by atoms with Crippen molar-refractivity contribution in [2.45, 2.75) is 0 Å². The van der Waals surface area contributed by atoms with Crippen LogP contribution in [0.3, 0.4) is 0 Å². The van der Waals surface area contributed by atoms with Crippen LogP contribution in [0.25, 0.3) is 11.3 Å². The molecule has 1 aliphatic rings. The molecule has 3 aromatic rings. The van der Waals surface area contributed by atoms with Crippen LogP contribution in [0.4, 0.5) is 16.0 Å². The van der Waals surface area contributed by atoms with E-state index in [0.717, 1.165) is 49.1 Å². The van der Waals surface area contributed by atoms with E-state index in [1.165, 1.54) is 6.07 Å². The second-order valence-corrected chi connectivity index (χ2v) is 6.58. The zero-order valence-electron chi connectivity index (χ0n) is 14.1. The number of piperazine rings is 1. The van der Waals surface area contributed by atoms with Crippen LogP contribution in [0, 0.1) is 5.82 Å². The van der Waals surface area contributed by atoms with Gasteiger partial charge in [0, 0.05) is 37.9 Å². The number of nitrogens with zero attached hydrogens (tertiary/aromatic N) is 4. The quantitative estimate of drug-likeness (QED) is 0.691. The molecule has 1 fully saturated rings. The first-order valence-electron chi connectivity index (χ1n) is 8.54. The van der Waals surface area contributed by atoms with Crippen LogP contribution in [0.15, 0.2) is 60.8 Å². The second-order valence-electron chi connectivity index (χ2n) is 6.17. The summed E-state index contributed by atoms with van der Waals surface area (Å²) in [5, 5.41) is 0.110. The fraction of sp³-hybridized carbons (Fsp3) is 0.200. The van der Waals surface area contributed by atoms with E-state index >= 15 is 0 Å². The molecule has 4 rings (SSSR count). The summed E-state index contributed by atoms with van der Waals surface area (Å²) in [6, 6.07) is 16.5. The van der Waals surface area contributed by atoms with Crippen molar-refractivity contribution in [2.24, 2.45) is 0 Å². The smallest absolute Gasteiger partial charge is 0.141 e. The molecule has 132 valence electrons. The Bertz CT molecular complexity index is 895. The first kappa shape index (κ1) is 16.8. The molecule has 0 amide bonds. The third kappa shape index (κ3) is 3.48. The fourth-order valence-electron chi connectivity index (χ4n) is 3.12. The Labute approximate surface area is 156 Å². The Hall–Kier alpha value is -2.66. The molecule has 0 saturated carbocycles. The minimum absolute atomic E-state index is 0.110. The van der Waals surface area contributed by atoms with E-state index in [1.54, 1.807) is 12.1 Å². The van der Waals surface area contributed by atoms with Gasteiger partial charge in [0.1, 0.15) is 17.5 Å². The lowest BCUT2D eigenvalue weighted by molar-refractivity contribution is 0.628. The Kier molecular flexibility index (Phi) is 4.71. The van der Waals surface area contributed by atoms with E-state index in [1.807, 2.05) is 42.6 Å². The van der Waals surface area contributed by atoms with Gasteiger partial charge in [-0.3, -0.25) is 0 Å². The summed E-state index contributed by atoms with van der Waals surface area (Å²) in [5.74, 6) is 1.51. The molecule has 0 spiro atoms. The number of hydrogen-bond donors (Lipinski definition) is 0. The highest BCUT2D eigenvalue weighted by Crippen LogP contribution is 2.26. The van der Waals surface area contributed by atoms with Crippen LogP contribution in [0.5, 0.6) is 0 Å². The van der Waals surface area contributed by atoms with Crippen molar-refractivity contribution in [1.82, 2.24) is 9.97 Å². The summed E-state index contributed by atoms with van der Waals surface area (Å²) < 4.78 is 13.4. The van der Waals surface area contributed by atoms with E-state index in [-0.39, 0.29) is 5.02 Å². The van der Waals surface area contributed by atoms with E-state index in [2.05, 4.69) is 14.8 Å². The van der Waals surface area contributed by atoms with E-state index in [0.29, 0.717) is 0 Å². The predicted molar refractivity (Wildman–Crippen MR) is 103 cm³/mol. The van der Waals surface area contributed by atoms with E-state index in [4.69, 9.17) is 16.6 Å². The van der Waals surface area contributed by atoms with Crippen LogP contribution < -0.4 is 9.80 Å². The van der Waals surface area contributed by atoms with Crippen molar-refractivity contribution < 1.29 is 4.39 Å². The first-order chi connectivity index (χ1) is 12.7. The second kappa shape index (κ2) is 7.30. The predicted octanol–water partition coefficient (Wildman–Crippen LogP) is 4.26. The summed E-state index contributed by atoms with van der Waals surface area (Å²) in [5.41, 5.74) is 1.60. The average molecular weight is 369 g/mol. The summed E-state index contributed by atoms with van der Waals surface area (Å²) in [4.78, 5) is 13.7. The van der Waals surface area contributed by atoms with Gasteiger partial charge >= 0.3 is 0 Å². The lowest BCUT2D eigenvalue weighted by Gasteiger charge is -2.36. The monoisotopic (exact) mass is 368 g/mol. The molecule has 0 atom stereocenters. The summed E-state index contributed by atoms with van der Waals surface area (Å²) in [7, 11) is 0. The molecule has 0 N–H and O–H groups in total. The number of aromatic nitrogens is 2. The van der Waals surface area contributed by atoms with Crippen molar-refractivity contribution >= 4 is 23.2 Å². The van der Waals surface area contributed by atoms with Gasteiger partial charge in [0.25, 0.3) is 0 Å². The van der Waals surface area contributed by atoms with Gasteiger partial charge in [0.2, 0.25) is 0 Å². The lowest BCUT2D eigenvalue weighted by Crippen LogP contribution is -2.47. The molecule has 4 nitrogen and oxygen atoms in total. The number of pyridine rings is 2. The minimum atomic E-state index is -0.419. The molecule has 0 radical (unpaired) electrons. The average Bonchev–Trinajstić information content (AvgIpc) is 2.71. The highest BCUT2D eigenvalue weighted by atomic mass is 35.5. The molecule has 0 aliphatic carbocycles. The molecule has 0 bridgehead atoms. The number of anilines is 2. The van der Waals surface area contributed by atoms with Crippen molar-refractivity contribution in [3.8, 4) is 11.3 Å². The molecule has 6 heteroatoms. The van der Waals surface area contributed by atoms with Gasteiger partial charge in [-0.2, -0.15) is 0 Å². The minimum Gasteiger partial charge on any atom is -0.353 e. The molecular formula is C20H18ClFN4. The number of benzene rings is 1. The van der Waals surface area contributed by atoms with Crippen molar-refractivity contribution in [3.05, 3.63) is 71.6 Å². The zero-order chi connectivity index (χ0) is 17.9. The van der Waals surface area contributed by atoms with E-state index < -0.39 is 5.82 Å². The van der Waals surface area contributed by atoms with Crippen LogP contribution in [-0.2, 0) is 0 Å². The highest BCUT2D eigenvalue weighted by molar-refractivity contribution is 6.31. The molecule has 2 aromatic heterocycles. The van der Waals surface area contributed by atoms with Gasteiger partial charge in [0.15, 0.2) is 0 Å². The third-order valence-electron chi connectivity index (χ3n) is 4.53. The Morgan fingerprint density at radius 2 is 1.58 bits per heavy atom. The zero-order valence-corrected chi connectivity index (χ0v) is 14.9. The van der Waals surface area contributed by atoms with Gasteiger partial charge in [-0.05, 0) is 42.5 Å². The standard InChI is InChI=1S/C20H18ClFN4/c21-16-14-15(7-8-17(16)22)18-4-3-6-20(24-18)26-12-10-25(11-13-26)19-5-1-2-9-23-19/h1-9,14H,10-13H2. The molecule has 3 heterocycles. The van der Waals surface area contributed by atoms with E-state index in [9.17, 15) is 4.39 Å². The molecule has 0 unspecified atom stereocenters. The Balaban J connectivity index is 1.50. The molecular weight excluding hydrogens is 351 g/mol. The van der Waals surface area contributed by atoms with Crippen LogP contribution in [0.1, 0.15) is 0 Å². The Morgan fingerprint density at radius 3 is 2.27 bits per heavy atom. The van der Waals surface area contributed by atoms with Gasteiger partial charge in [-0.25, -0.2) is 14.4 Å². The third-order valence-corrected chi connectivity index (χ3v) is 4.82. The maximum absolute atomic E-state index is 13.4. The summed E-state index contributed by atoms with van der Waals surface area (Å²) in [6.45, 7) is 3.53. The van der Waals surface area contributed by atoms with Gasteiger partial charge in [-0.15, -0.1) is 0 Å². The number of halogens is 2. The molecule has 1 saturated heterocycles. The van der Waals surface area contributed by atoms with Gasteiger partial charge in [0.05, 0.1) is 10.7 Å². The largest absolute Gasteiger partial charge is 0.353 e. The van der Waals surface area contributed by atoms with Gasteiger partial charge < -0.3 is 9.80 Å². The maximum Gasteiger partial charge on any atom is 0.141 e. The van der Waals surface area contributed by atoms with Gasteiger partial charge in [-0.1, -0.05) is 23.7 Å². The fourth-order valence-corrected chi connectivity index (χ4v) is 3.30. The maximum atomic E-state index is 13.4. The SMILES string of the molecule is Fc1ccc(-c2cccc(N3CCN(c4ccccn4)CC3)n2)cc1Cl. The molecule has 26 heavy (non-hydrogen) atoms. The van der Waals surface area contributed by atoms with Crippen LogP contribution in [0.2, 0.25) is 5.02 Å². The van der Waals surface area contributed by atoms with Crippen molar-refractivity contribution in [3.63, 3.8) is 0 Å². The summed E-state index contributed by atoms with van der Waals surface area (Å²) in [6.07, 6.45) is 1.82. The molecule has 1 aliphatic heterocycles. The summed E-state index contributed by atoms with van der Waals surface area (Å²) >= 11 is 5.90. The number of rotatable bonds is 3. The topological polar surface area (TPSA) is 32.3 Å². The molecule has 1 aromatic carbocycles. The number of hydrogen-bond acceptors (Lipinski definition) is 4. The lowest BCUT2D eigenvalue weighted by atomic mass is 10.1. The normalized spacial score (nSPS) is 14.5. The first-order valence-corrected chi connectivity index (χ1v) is 8.92.